The molecule has 0 fully saturated rings. The van der Waals surface area contributed by atoms with E-state index >= 15 is 0 Å². The summed E-state index contributed by atoms with van der Waals surface area (Å²) in [7, 11) is 1.25. The van der Waals surface area contributed by atoms with Crippen LogP contribution in [0.3, 0.4) is 0 Å². The van der Waals surface area contributed by atoms with Crippen molar-refractivity contribution in [3.8, 4) is 0 Å². The van der Waals surface area contributed by atoms with Gasteiger partial charge in [-0.1, -0.05) is 30.3 Å². The Morgan fingerprint density at radius 3 is 2.32 bits per heavy atom. The predicted molar refractivity (Wildman–Crippen MR) is 107 cm³/mol. The van der Waals surface area contributed by atoms with Crippen LogP contribution in [-0.4, -0.2) is 54.9 Å². The van der Waals surface area contributed by atoms with Crippen LogP contribution >= 0.6 is 11.8 Å². The maximum Gasteiger partial charge on any atom is 0.328 e. The average Bonchev–Trinajstić information content (AvgIpc) is 2.68. The van der Waals surface area contributed by atoms with Crippen LogP contribution in [0.4, 0.5) is 0 Å². The van der Waals surface area contributed by atoms with Crippen LogP contribution in [0.5, 0.6) is 0 Å². The largest absolute Gasteiger partial charge is 0.467 e. The van der Waals surface area contributed by atoms with Gasteiger partial charge in [0, 0.05) is 13.5 Å². The lowest BCUT2D eigenvalue weighted by Gasteiger charge is -2.20. The Balaban J connectivity index is 2.69. The maximum atomic E-state index is 12.4. The van der Waals surface area contributed by atoms with Gasteiger partial charge in [0.1, 0.15) is 12.1 Å². The van der Waals surface area contributed by atoms with Crippen molar-refractivity contribution in [1.29, 1.82) is 0 Å². The second-order valence-corrected chi connectivity index (χ2v) is 7.07. The monoisotopic (exact) mass is 409 g/mol. The van der Waals surface area contributed by atoms with Gasteiger partial charge in [-0.25, -0.2) is 4.79 Å². The Hall–Kier alpha value is -2.55. The Morgan fingerprint density at radius 1 is 1.07 bits per heavy atom. The third-order valence-electron chi connectivity index (χ3n) is 3.82. The molecule has 2 atom stereocenters. The van der Waals surface area contributed by atoms with E-state index in [2.05, 4.69) is 16.0 Å². The molecule has 0 aromatic heterocycles. The lowest BCUT2D eigenvalue weighted by atomic mass is 10.1. The molecule has 1 unspecified atom stereocenters. The van der Waals surface area contributed by atoms with Gasteiger partial charge in [-0.05, 0) is 24.0 Å². The summed E-state index contributed by atoms with van der Waals surface area (Å²) in [6, 6.07) is 7.43. The van der Waals surface area contributed by atoms with Gasteiger partial charge < -0.3 is 20.7 Å². The number of ether oxygens (including phenoxy) is 1. The molecular weight excluding hydrogens is 382 g/mol. The molecule has 0 aliphatic heterocycles. The van der Waals surface area contributed by atoms with Gasteiger partial charge >= 0.3 is 5.97 Å². The van der Waals surface area contributed by atoms with Gasteiger partial charge in [0.15, 0.2) is 0 Å². The Labute approximate surface area is 169 Å². The summed E-state index contributed by atoms with van der Waals surface area (Å²) < 4.78 is 4.70. The quantitative estimate of drug-likeness (QED) is 0.462. The third kappa shape index (κ3) is 8.90. The number of esters is 1. The van der Waals surface area contributed by atoms with Crippen LogP contribution in [0.1, 0.15) is 25.3 Å². The summed E-state index contributed by atoms with van der Waals surface area (Å²) in [4.78, 5) is 48.0. The van der Waals surface area contributed by atoms with Crippen molar-refractivity contribution >= 4 is 35.5 Å². The van der Waals surface area contributed by atoms with Crippen LogP contribution in [0, 0.1) is 0 Å². The number of hydrogen-bond donors (Lipinski definition) is 3. The average molecular weight is 410 g/mol. The van der Waals surface area contributed by atoms with E-state index in [-0.39, 0.29) is 13.0 Å². The van der Waals surface area contributed by atoms with E-state index in [0.29, 0.717) is 12.2 Å². The van der Waals surface area contributed by atoms with Gasteiger partial charge in [-0.2, -0.15) is 11.8 Å². The van der Waals surface area contributed by atoms with E-state index in [0.717, 1.165) is 5.56 Å². The number of carbonyl (C=O) groups excluding carboxylic acids is 4. The molecule has 1 aromatic rings. The van der Waals surface area contributed by atoms with E-state index in [1.54, 1.807) is 0 Å². The molecule has 0 aliphatic carbocycles. The Bertz CT molecular complexity index is 669. The van der Waals surface area contributed by atoms with Crippen molar-refractivity contribution in [2.24, 2.45) is 0 Å². The van der Waals surface area contributed by atoms with Gasteiger partial charge in [-0.3, -0.25) is 14.4 Å². The number of methoxy groups -OCH3 is 1. The number of amides is 3. The SMILES string of the molecule is COC(=O)[C@H](CCSC)NC(=O)CC(NC(C)=O)C(=O)NCc1ccccc1. The first-order valence-electron chi connectivity index (χ1n) is 8.82. The van der Waals surface area contributed by atoms with Crippen molar-refractivity contribution in [1.82, 2.24) is 16.0 Å². The first-order valence-corrected chi connectivity index (χ1v) is 10.2. The first kappa shape index (κ1) is 23.5. The third-order valence-corrected chi connectivity index (χ3v) is 4.47. The van der Waals surface area contributed by atoms with Gasteiger partial charge in [0.25, 0.3) is 0 Å². The minimum Gasteiger partial charge on any atom is -0.467 e. The van der Waals surface area contributed by atoms with Crippen molar-refractivity contribution < 1.29 is 23.9 Å². The molecule has 0 saturated carbocycles. The van der Waals surface area contributed by atoms with E-state index in [4.69, 9.17) is 4.74 Å². The zero-order chi connectivity index (χ0) is 20.9. The molecule has 0 aliphatic rings. The highest BCUT2D eigenvalue weighted by Gasteiger charge is 2.26. The molecule has 0 spiro atoms. The molecule has 0 bridgehead atoms. The minimum atomic E-state index is -1.04. The van der Waals surface area contributed by atoms with Gasteiger partial charge in [-0.15, -0.1) is 0 Å². The van der Waals surface area contributed by atoms with Crippen molar-refractivity contribution in [2.45, 2.75) is 38.4 Å². The fourth-order valence-corrected chi connectivity index (χ4v) is 2.90. The van der Waals surface area contributed by atoms with E-state index in [1.807, 2.05) is 36.6 Å². The number of thioether (sulfide) groups is 1. The van der Waals surface area contributed by atoms with E-state index in [1.165, 1.54) is 25.8 Å². The van der Waals surface area contributed by atoms with Gasteiger partial charge in [0.2, 0.25) is 17.7 Å². The van der Waals surface area contributed by atoms with Crippen LogP contribution in [-0.2, 0) is 30.5 Å². The molecule has 8 nitrogen and oxygen atoms in total. The summed E-state index contributed by atoms with van der Waals surface area (Å²) in [5.74, 6) is -1.32. The number of rotatable bonds is 11. The summed E-state index contributed by atoms with van der Waals surface area (Å²) in [6.07, 6.45) is 2.01. The Morgan fingerprint density at radius 2 is 1.75 bits per heavy atom. The summed E-state index contributed by atoms with van der Waals surface area (Å²) in [6.45, 7) is 1.54. The molecule has 1 rings (SSSR count). The number of carbonyl (C=O) groups is 4. The number of hydrogen-bond acceptors (Lipinski definition) is 6. The molecule has 0 radical (unpaired) electrons. The molecular formula is C19H27N3O5S. The highest BCUT2D eigenvalue weighted by atomic mass is 32.2. The Kier molecular flexibility index (Phi) is 10.7. The minimum absolute atomic E-state index is 0.274. The fraction of sp³-hybridized carbons (Fsp3) is 0.474. The standard InChI is InChI=1S/C19H27N3O5S/c1-13(23)21-16(18(25)20-12-14-7-5-4-6-8-14)11-17(24)22-15(9-10-28-3)19(26)27-2/h4-8,15-16H,9-12H2,1-3H3,(H,20,25)(H,21,23)(H,22,24)/t15-,16?/m0/s1. The van der Waals surface area contributed by atoms with Crippen LogP contribution in [0.15, 0.2) is 30.3 Å². The molecule has 3 N–H and O–H groups in total. The highest BCUT2D eigenvalue weighted by Crippen LogP contribution is 2.04. The zero-order valence-corrected chi connectivity index (χ0v) is 17.1. The van der Waals surface area contributed by atoms with Crippen molar-refractivity contribution in [2.75, 3.05) is 19.1 Å². The molecule has 9 heteroatoms. The summed E-state index contributed by atoms with van der Waals surface area (Å²) in [5, 5.41) is 7.75. The lowest BCUT2D eigenvalue weighted by molar-refractivity contribution is -0.145. The molecule has 0 heterocycles. The van der Waals surface area contributed by atoms with Crippen LogP contribution in [0.25, 0.3) is 0 Å². The smallest absolute Gasteiger partial charge is 0.328 e. The summed E-state index contributed by atoms with van der Waals surface area (Å²) in [5.41, 5.74) is 0.893. The molecule has 1 aromatic carbocycles. The summed E-state index contributed by atoms with van der Waals surface area (Å²) >= 11 is 1.54. The number of nitrogens with one attached hydrogen (secondary N) is 3. The second kappa shape index (κ2) is 12.8. The predicted octanol–water partition coefficient (Wildman–Crippen LogP) is 0.609. The molecule has 28 heavy (non-hydrogen) atoms. The topological polar surface area (TPSA) is 114 Å². The maximum absolute atomic E-state index is 12.4. The normalized spacial score (nSPS) is 12.4. The molecule has 154 valence electrons. The molecule has 0 saturated heterocycles. The first-order chi connectivity index (χ1) is 13.4. The fourth-order valence-electron chi connectivity index (χ4n) is 2.43. The van der Waals surface area contributed by atoms with Crippen LogP contribution < -0.4 is 16.0 Å². The van der Waals surface area contributed by atoms with Crippen LogP contribution in [0.2, 0.25) is 0 Å². The van der Waals surface area contributed by atoms with Gasteiger partial charge in [0.05, 0.1) is 13.5 Å². The second-order valence-electron chi connectivity index (χ2n) is 6.09. The van der Waals surface area contributed by atoms with Crippen molar-refractivity contribution in [3.63, 3.8) is 0 Å². The van der Waals surface area contributed by atoms with Crippen molar-refractivity contribution in [3.05, 3.63) is 35.9 Å². The van der Waals surface area contributed by atoms with E-state index in [9.17, 15) is 19.2 Å². The molecule has 3 amide bonds. The van der Waals surface area contributed by atoms with E-state index < -0.39 is 35.8 Å². The zero-order valence-electron chi connectivity index (χ0n) is 16.3. The lowest BCUT2D eigenvalue weighted by Crippen LogP contribution is -2.50. The highest BCUT2D eigenvalue weighted by molar-refractivity contribution is 7.98. The number of benzene rings is 1.